The number of halogens is 2. The van der Waals surface area contributed by atoms with E-state index in [9.17, 15) is 4.79 Å². The molecule has 1 atom stereocenters. The topological polar surface area (TPSA) is 106 Å². The number of benzene rings is 1. The number of aromatic nitrogens is 2. The number of ether oxygens (including phenoxy) is 2. The predicted octanol–water partition coefficient (Wildman–Crippen LogP) is 3.49. The van der Waals surface area contributed by atoms with Crippen LogP contribution in [0.15, 0.2) is 17.3 Å². The lowest BCUT2D eigenvalue weighted by molar-refractivity contribution is -0.144. The molecule has 0 unspecified atom stereocenters. The molecule has 2 rings (SSSR count). The number of nitrogens with zero attached hydrogens (tertiary/aromatic N) is 3. The first-order valence-corrected chi connectivity index (χ1v) is 7.77. The maximum absolute atomic E-state index is 10.9. The number of aryl methyl sites for hydroxylation is 1. The molecule has 2 N–H and O–H groups in total. The summed E-state index contributed by atoms with van der Waals surface area (Å²) in [5.41, 5.74) is 1.04. The quantitative estimate of drug-likeness (QED) is 0.446. The minimum Gasteiger partial charge on any atom is -0.479 e. The van der Waals surface area contributed by atoms with Crippen LogP contribution in [-0.2, 0) is 11.8 Å². The third-order valence-electron chi connectivity index (χ3n) is 3.28. The molecule has 10 heteroatoms. The summed E-state index contributed by atoms with van der Waals surface area (Å²) in [6.45, 7) is 3.10. The third-order valence-corrected chi connectivity index (χ3v) is 3.87. The molecule has 0 saturated carbocycles. The van der Waals surface area contributed by atoms with Gasteiger partial charge in [-0.1, -0.05) is 28.4 Å². The Kier molecular flexibility index (Phi) is 5.76. The number of carboxylic acids is 1. The molecule has 0 aliphatic carbocycles. The maximum atomic E-state index is 10.9. The molecule has 1 aromatic heterocycles. The highest BCUT2D eigenvalue weighted by Crippen LogP contribution is 2.39. The smallest absolute Gasteiger partial charge is 0.344 e. The molecule has 1 heterocycles. The summed E-state index contributed by atoms with van der Waals surface area (Å²) in [7, 11) is 1.64. The first-order chi connectivity index (χ1) is 11.7. The first-order valence-electron chi connectivity index (χ1n) is 7.02. The number of carbonyl (C=O) groups is 1. The second kappa shape index (κ2) is 7.62. The van der Waals surface area contributed by atoms with E-state index in [1.54, 1.807) is 14.0 Å². The number of aliphatic carboxylic acids is 1. The molecule has 0 aliphatic rings. The molecule has 0 spiro atoms. The fraction of sp³-hybridized carbons (Fsp3) is 0.267. The summed E-state index contributed by atoms with van der Waals surface area (Å²) in [6.07, 6.45) is 0.0756. The van der Waals surface area contributed by atoms with E-state index in [0.717, 1.165) is 0 Å². The van der Waals surface area contributed by atoms with Gasteiger partial charge in [-0.15, -0.1) is 0 Å². The second-order valence-electron chi connectivity index (χ2n) is 5.10. The molecule has 0 bridgehead atoms. The molecule has 25 heavy (non-hydrogen) atoms. The van der Waals surface area contributed by atoms with Crippen molar-refractivity contribution in [1.82, 2.24) is 9.78 Å². The van der Waals surface area contributed by atoms with Gasteiger partial charge in [0.2, 0.25) is 5.88 Å². The highest BCUT2D eigenvalue weighted by atomic mass is 35.5. The van der Waals surface area contributed by atoms with E-state index in [0.29, 0.717) is 17.1 Å². The van der Waals surface area contributed by atoms with E-state index in [1.807, 2.05) is 0 Å². The van der Waals surface area contributed by atoms with Gasteiger partial charge in [0.05, 0.1) is 16.3 Å². The van der Waals surface area contributed by atoms with Crippen molar-refractivity contribution in [1.29, 1.82) is 0 Å². The summed E-state index contributed by atoms with van der Waals surface area (Å²) in [5, 5.41) is 25.0. The molecule has 8 nitrogen and oxygen atoms in total. The molecule has 0 radical (unpaired) electrons. The first kappa shape index (κ1) is 18.9. The average molecular weight is 388 g/mol. The van der Waals surface area contributed by atoms with E-state index in [2.05, 4.69) is 10.3 Å². The Hall–Kier alpha value is -2.45. The molecule has 0 fully saturated rings. The third kappa shape index (κ3) is 4.15. The van der Waals surface area contributed by atoms with Crippen molar-refractivity contribution >= 4 is 35.4 Å². The normalized spacial score (nSPS) is 12.4. The summed E-state index contributed by atoms with van der Waals surface area (Å²) in [5.74, 6) is -0.453. The van der Waals surface area contributed by atoms with Crippen molar-refractivity contribution in [2.24, 2.45) is 12.2 Å². The van der Waals surface area contributed by atoms with E-state index in [4.69, 9.17) is 43.0 Å². The van der Waals surface area contributed by atoms with Crippen molar-refractivity contribution in [2.45, 2.75) is 20.0 Å². The van der Waals surface area contributed by atoms with E-state index in [1.165, 1.54) is 30.0 Å². The van der Waals surface area contributed by atoms with Gasteiger partial charge >= 0.3 is 5.97 Å². The van der Waals surface area contributed by atoms with Crippen molar-refractivity contribution in [3.05, 3.63) is 33.4 Å². The van der Waals surface area contributed by atoms with Gasteiger partial charge in [-0.3, -0.25) is 0 Å². The van der Waals surface area contributed by atoms with Crippen LogP contribution in [0.3, 0.4) is 0 Å². The molecule has 1 aromatic carbocycles. The van der Waals surface area contributed by atoms with Gasteiger partial charge in [0.15, 0.2) is 11.9 Å². The standard InChI is InChI=1S/C15H15Cl2N3O5/c1-7-11(6-18-23)19-20(3)14(7)25-13-5-12(9(16)4-10(13)17)24-8(2)15(21)22/h4-6,8,23H,1-3H3,(H,21,22)/t8-/m0/s1. The zero-order valence-electron chi connectivity index (χ0n) is 13.5. The number of rotatable bonds is 6. The molecule has 0 saturated heterocycles. The number of hydrogen-bond acceptors (Lipinski definition) is 6. The van der Waals surface area contributed by atoms with Crippen LogP contribution in [-0.4, -0.2) is 38.4 Å². The lowest BCUT2D eigenvalue weighted by atomic mass is 10.3. The Balaban J connectivity index is 2.39. The van der Waals surface area contributed by atoms with Gasteiger partial charge in [-0.25, -0.2) is 9.48 Å². The molecule has 134 valence electrons. The monoisotopic (exact) mass is 387 g/mol. The summed E-state index contributed by atoms with van der Waals surface area (Å²) < 4.78 is 12.5. The van der Waals surface area contributed by atoms with Crippen LogP contribution in [0.1, 0.15) is 18.2 Å². The van der Waals surface area contributed by atoms with Crippen LogP contribution in [0.25, 0.3) is 0 Å². The lowest BCUT2D eigenvalue weighted by Crippen LogP contribution is -2.23. The number of oxime groups is 1. The molecule has 0 amide bonds. The van der Waals surface area contributed by atoms with Gasteiger partial charge in [-0.05, 0) is 19.9 Å². The number of hydrogen-bond donors (Lipinski definition) is 2. The van der Waals surface area contributed by atoms with Crippen LogP contribution in [0, 0.1) is 6.92 Å². The summed E-state index contributed by atoms with van der Waals surface area (Å²) in [6, 6.07) is 2.79. The van der Waals surface area contributed by atoms with Crippen molar-refractivity contribution in [3.63, 3.8) is 0 Å². The van der Waals surface area contributed by atoms with Gasteiger partial charge in [0.1, 0.15) is 11.4 Å². The van der Waals surface area contributed by atoms with Crippen molar-refractivity contribution < 1.29 is 24.6 Å². The van der Waals surface area contributed by atoms with E-state index < -0.39 is 12.1 Å². The predicted molar refractivity (Wildman–Crippen MR) is 91.6 cm³/mol. The zero-order valence-corrected chi connectivity index (χ0v) is 15.0. The molecular weight excluding hydrogens is 373 g/mol. The minimum atomic E-state index is -1.14. The largest absolute Gasteiger partial charge is 0.479 e. The molecule has 0 aliphatic heterocycles. The lowest BCUT2D eigenvalue weighted by Gasteiger charge is -2.15. The fourth-order valence-corrected chi connectivity index (χ4v) is 2.44. The summed E-state index contributed by atoms with van der Waals surface area (Å²) in [4.78, 5) is 10.9. The van der Waals surface area contributed by atoms with Crippen molar-refractivity contribution in [3.8, 4) is 17.4 Å². The van der Waals surface area contributed by atoms with Gasteiger partial charge in [0.25, 0.3) is 0 Å². The van der Waals surface area contributed by atoms with Crippen LogP contribution < -0.4 is 9.47 Å². The van der Waals surface area contributed by atoms with Gasteiger partial charge < -0.3 is 19.8 Å². The van der Waals surface area contributed by atoms with Crippen LogP contribution in [0.5, 0.6) is 17.4 Å². The maximum Gasteiger partial charge on any atom is 0.344 e. The SMILES string of the molecule is Cc1c(C=NO)nn(C)c1Oc1cc(O[C@@H](C)C(=O)O)c(Cl)cc1Cl. The zero-order chi connectivity index (χ0) is 18.7. The van der Waals surface area contributed by atoms with E-state index in [-0.39, 0.29) is 21.5 Å². The van der Waals surface area contributed by atoms with Gasteiger partial charge in [0, 0.05) is 18.7 Å². The Bertz CT molecular complexity index is 835. The van der Waals surface area contributed by atoms with Crippen LogP contribution >= 0.6 is 23.2 Å². The molecular formula is C15H15Cl2N3O5. The Morgan fingerprint density at radius 2 is 2.00 bits per heavy atom. The van der Waals surface area contributed by atoms with Crippen LogP contribution in [0.4, 0.5) is 0 Å². The average Bonchev–Trinajstić information content (AvgIpc) is 2.79. The molecule has 2 aromatic rings. The Morgan fingerprint density at radius 3 is 2.60 bits per heavy atom. The highest BCUT2D eigenvalue weighted by Gasteiger charge is 2.19. The Labute approximate surface area is 153 Å². The second-order valence-corrected chi connectivity index (χ2v) is 5.91. The Morgan fingerprint density at radius 1 is 1.36 bits per heavy atom. The minimum absolute atomic E-state index is 0.118. The fourth-order valence-electron chi connectivity index (χ4n) is 1.98. The summed E-state index contributed by atoms with van der Waals surface area (Å²) >= 11 is 12.2. The van der Waals surface area contributed by atoms with E-state index >= 15 is 0 Å². The van der Waals surface area contributed by atoms with Crippen molar-refractivity contribution in [2.75, 3.05) is 0 Å². The van der Waals surface area contributed by atoms with Crippen LogP contribution in [0.2, 0.25) is 10.0 Å². The highest BCUT2D eigenvalue weighted by molar-refractivity contribution is 6.36. The van der Waals surface area contributed by atoms with Gasteiger partial charge in [-0.2, -0.15) is 5.10 Å². The number of carboxylic acid groups (broad SMARTS) is 1.